The maximum absolute atomic E-state index is 11.7. The van der Waals surface area contributed by atoms with E-state index in [0.29, 0.717) is 16.8 Å². The normalized spacial score (nSPS) is 12.3. The predicted octanol–water partition coefficient (Wildman–Crippen LogP) is 1.42. The van der Waals surface area contributed by atoms with Crippen molar-refractivity contribution in [2.75, 3.05) is 6.26 Å². The zero-order chi connectivity index (χ0) is 15.5. The fraction of sp³-hybridized carbons (Fsp3) is 0.214. The van der Waals surface area contributed by atoms with Crippen LogP contribution < -0.4 is 0 Å². The number of aryl methyl sites for hydroxylation is 1. The number of aromatic nitrogens is 6. The van der Waals surface area contributed by atoms with Gasteiger partial charge in [-0.3, -0.25) is 13.8 Å². The van der Waals surface area contributed by atoms with Gasteiger partial charge in [0, 0.05) is 36.0 Å². The molecule has 0 saturated carbocycles. The highest BCUT2D eigenvalue weighted by Crippen LogP contribution is 2.18. The van der Waals surface area contributed by atoms with Gasteiger partial charge in [-0.2, -0.15) is 0 Å². The number of rotatable bonds is 4. The molecule has 0 aliphatic carbocycles. The third kappa shape index (κ3) is 2.77. The summed E-state index contributed by atoms with van der Waals surface area (Å²) < 4.78 is 13.4. The zero-order valence-corrected chi connectivity index (χ0v) is 13.0. The molecule has 0 aromatic carbocycles. The van der Waals surface area contributed by atoms with Gasteiger partial charge in [-0.25, -0.2) is 9.97 Å². The number of hydrogen-bond acceptors (Lipinski definition) is 6. The lowest BCUT2D eigenvalue weighted by atomic mass is 10.2. The minimum atomic E-state index is -1.25. The Morgan fingerprint density at radius 3 is 2.68 bits per heavy atom. The lowest BCUT2D eigenvalue weighted by molar-refractivity contribution is 0.674. The van der Waals surface area contributed by atoms with E-state index in [1.807, 2.05) is 25.1 Å². The van der Waals surface area contributed by atoms with Crippen LogP contribution in [0.15, 0.2) is 42.1 Å². The molecule has 3 rings (SSSR count). The molecule has 0 saturated heterocycles. The molecular weight excluding hydrogens is 300 g/mol. The average molecular weight is 314 g/mol. The summed E-state index contributed by atoms with van der Waals surface area (Å²) in [6.07, 6.45) is 7.23. The molecule has 3 aromatic heterocycles. The molecule has 0 aliphatic heterocycles. The average Bonchev–Trinajstić information content (AvgIpc) is 3.05. The predicted molar refractivity (Wildman–Crippen MR) is 81.9 cm³/mol. The van der Waals surface area contributed by atoms with Gasteiger partial charge in [0.2, 0.25) is 5.16 Å². The maximum atomic E-state index is 11.7. The van der Waals surface area contributed by atoms with E-state index in [1.54, 1.807) is 23.2 Å². The van der Waals surface area contributed by atoms with Crippen molar-refractivity contribution in [1.82, 2.24) is 29.7 Å². The Labute approximate surface area is 130 Å². The first-order valence-electron chi connectivity index (χ1n) is 6.71. The Bertz CT molecular complexity index is 817. The van der Waals surface area contributed by atoms with Gasteiger partial charge in [0.25, 0.3) is 0 Å². The summed E-state index contributed by atoms with van der Waals surface area (Å²) in [5.74, 6) is 1.20. The molecule has 1 atom stereocenters. The minimum Gasteiger partial charge on any atom is -0.265 e. The van der Waals surface area contributed by atoms with Crippen molar-refractivity contribution in [2.45, 2.75) is 18.5 Å². The molecular formula is C14H14N6OS. The minimum absolute atomic E-state index is 0.362. The van der Waals surface area contributed by atoms with Crippen molar-refractivity contribution >= 4 is 10.8 Å². The fourth-order valence-corrected chi connectivity index (χ4v) is 2.58. The second-order valence-corrected chi connectivity index (χ2v) is 5.84. The van der Waals surface area contributed by atoms with Crippen molar-refractivity contribution in [3.8, 4) is 17.2 Å². The van der Waals surface area contributed by atoms with Crippen LogP contribution >= 0.6 is 0 Å². The van der Waals surface area contributed by atoms with E-state index in [2.05, 4.69) is 25.1 Å². The highest BCUT2D eigenvalue weighted by Gasteiger charge is 2.13. The van der Waals surface area contributed by atoms with Gasteiger partial charge in [-0.15, -0.1) is 10.2 Å². The Morgan fingerprint density at radius 2 is 2.00 bits per heavy atom. The second-order valence-electron chi connectivity index (χ2n) is 4.57. The molecule has 8 heteroatoms. The summed E-state index contributed by atoms with van der Waals surface area (Å²) in [6.45, 7) is 2.02. The first kappa shape index (κ1) is 14.5. The van der Waals surface area contributed by atoms with Crippen LogP contribution in [0.25, 0.3) is 17.2 Å². The standard InChI is InChI=1S/C14H14N6OS/c1-3-11-8-12(20-9-16-19-14(20)22(2)21)18-13(17-11)10-4-6-15-7-5-10/h4-9H,3H2,1-2H3. The monoisotopic (exact) mass is 314 g/mol. The van der Waals surface area contributed by atoms with Gasteiger partial charge >= 0.3 is 0 Å². The largest absolute Gasteiger partial charge is 0.265 e. The molecule has 0 fully saturated rings. The highest BCUT2D eigenvalue weighted by molar-refractivity contribution is 7.84. The Balaban J connectivity index is 2.16. The number of nitrogens with zero attached hydrogens (tertiary/aromatic N) is 6. The van der Waals surface area contributed by atoms with Crippen molar-refractivity contribution < 1.29 is 4.21 Å². The van der Waals surface area contributed by atoms with Gasteiger partial charge in [-0.1, -0.05) is 6.92 Å². The maximum Gasteiger partial charge on any atom is 0.226 e. The van der Waals surface area contributed by atoms with Crippen LogP contribution in [0.5, 0.6) is 0 Å². The van der Waals surface area contributed by atoms with Crippen LogP contribution in [0.4, 0.5) is 0 Å². The zero-order valence-electron chi connectivity index (χ0n) is 12.2. The molecule has 22 heavy (non-hydrogen) atoms. The van der Waals surface area contributed by atoms with Crippen LogP contribution in [0.3, 0.4) is 0 Å². The molecule has 0 amide bonds. The molecule has 0 bridgehead atoms. The topological polar surface area (TPSA) is 86.5 Å². The van der Waals surface area contributed by atoms with Crippen LogP contribution in [0.1, 0.15) is 12.6 Å². The third-order valence-electron chi connectivity index (χ3n) is 3.09. The van der Waals surface area contributed by atoms with Crippen molar-refractivity contribution in [3.05, 3.63) is 42.6 Å². The van der Waals surface area contributed by atoms with E-state index in [0.717, 1.165) is 17.7 Å². The van der Waals surface area contributed by atoms with E-state index in [9.17, 15) is 4.21 Å². The quantitative estimate of drug-likeness (QED) is 0.724. The third-order valence-corrected chi connectivity index (χ3v) is 3.88. The molecule has 0 radical (unpaired) electrons. The molecule has 1 unspecified atom stereocenters. The fourth-order valence-electron chi connectivity index (χ4n) is 2.00. The number of hydrogen-bond donors (Lipinski definition) is 0. The van der Waals surface area contributed by atoms with Crippen molar-refractivity contribution in [3.63, 3.8) is 0 Å². The first-order valence-corrected chi connectivity index (χ1v) is 8.27. The van der Waals surface area contributed by atoms with Crippen molar-refractivity contribution in [2.24, 2.45) is 0 Å². The lowest BCUT2D eigenvalue weighted by Crippen LogP contribution is -2.07. The molecule has 7 nitrogen and oxygen atoms in total. The Morgan fingerprint density at radius 1 is 1.23 bits per heavy atom. The van der Waals surface area contributed by atoms with Crippen LogP contribution in [-0.2, 0) is 17.2 Å². The molecule has 0 aliphatic rings. The molecule has 0 spiro atoms. The summed E-state index contributed by atoms with van der Waals surface area (Å²) in [5, 5.41) is 8.08. The highest BCUT2D eigenvalue weighted by atomic mass is 32.2. The van der Waals surface area contributed by atoms with Crippen LogP contribution in [0.2, 0.25) is 0 Å². The van der Waals surface area contributed by atoms with E-state index >= 15 is 0 Å². The summed E-state index contributed by atoms with van der Waals surface area (Å²) in [4.78, 5) is 13.1. The van der Waals surface area contributed by atoms with Crippen LogP contribution in [0, 0.1) is 0 Å². The van der Waals surface area contributed by atoms with E-state index < -0.39 is 10.8 Å². The molecule has 0 N–H and O–H groups in total. The van der Waals surface area contributed by atoms with Crippen LogP contribution in [-0.4, -0.2) is 40.2 Å². The van der Waals surface area contributed by atoms with Gasteiger partial charge in [-0.05, 0) is 18.6 Å². The summed E-state index contributed by atoms with van der Waals surface area (Å²) >= 11 is 0. The van der Waals surface area contributed by atoms with Gasteiger partial charge in [0.1, 0.15) is 12.1 Å². The van der Waals surface area contributed by atoms with Gasteiger partial charge in [0.15, 0.2) is 5.82 Å². The van der Waals surface area contributed by atoms with Gasteiger partial charge < -0.3 is 0 Å². The van der Waals surface area contributed by atoms with E-state index in [-0.39, 0.29) is 0 Å². The molecule has 3 aromatic rings. The first-order chi connectivity index (χ1) is 10.7. The Hall–Kier alpha value is -2.48. The summed E-state index contributed by atoms with van der Waals surface area (Å²) in [6, 6.07) is 5.55. The second kappa shape index (κ2) is 6.10. The van der Waals surface area contributed by atoms with E-state index in [4.69, 9.17) is 0 Å². The summed E-state index contributed by atoms with van der Waals surface area (Å²) in [5.41, 5.74) is 1.76. The molecule has 3 heterocycles. The van der Waals surface area contributed by atoms with E-state index in [1.165, 1.54) is 6.33 Å². The summed E-state index contributed by atoms with van der Waals surface area (Å²) in [7, 11) is -1.25. The Kier molecular flexibility index (Phi) is 4.01. The molecule has 112 valence electrons. The van der Waals surface area contributed by atoms with Gasteiger partial charge in [0.05, 0.1) is 10.8 Å². The number of pyridine rings is 1. The van der Waals surface area contributed by atoms with Crippen molar-refractivity contribution in [1.29, 1.82) is 0 Å². The SMILES string of the molecule is CCc1cc(-n2cnnc2S(C)=O)nc(-c2ccncc2)n1. The lowest BCUT2D eigenvalue weighted by Gasteiger charge is -2.08. The smallest absolute Gasteiger partial charge is 0.226 e.